The predicted octanol–water partition coefficient (Wildman–Crippen LogP) is 0.656. The zero-order chi connectivity index (χ0) is 14.7. The van der Waals surface area contributed by atoms with Crippen molar-refractivity contribution in [2.45, 2.75) is 71.0 Å². The Morgan fingerprint density at radius 2 is 1.74 bits per heavy atom. The van der Waals surface area contributed by atoms with E-state index in [1.54, 1.807) is 0 Å². The largest absolute Gasteiger partial charge is 0.350 e. The van der Waals surface area contributed by atoms with Gasteiger partial charge < -0.3 is 5.32 Å². The van der Waals surface area contributed by atoms with Gasteiger partial charge in [-0.15, -0.1) is 0 Å². The zero-order valence-corrected chi connectivity index (χ0v) is 12.9. The highest BCUT2D eigenvalue weighted by atomic mass is 32.2. The summed E-state index contributed by atoms with van der Waals surface area (Å²) in [4.78, 5) is 11.8. The number of amides is 1. The number of carbonyl (C=O) groups is 1. The smallest absolute Gasteiger partial charge is 0.277 e. The number of hydrogen-bond donors (Lipinski definition) is 3. The predicted molar refractivity (Wildman–Crippen MR) is 74.8 cm³/mol. The van der Waals surface area contributed by atoms with Gasteiger partial charge in [-0.25, -0.2) is 0 Å². The summed E-state index contributed by atoms with van der Waals surface area (Å²) in [5, 5.41) is 2.74. The maximum atomic E-state index is 11.9. The number of carbonyl (C=O) groups excluding carboxylic acids is 1. The molecule has 0 aromatic rings. The van der Waals surface area contributed by atoms with E-state index in [2.05, 4.69) is 14.8 Å². The first-order valence-electron chi connectivity index (χ1n) is 6.71. The van der Waals surface area contributed by atoms with Crippen molar-refractivity contribution in [2.24, 2.45) is 0 Å². The normalized spacial score (nSPS) is 19.4. The van der Waals surface area contributed by atoms with Crippen molar-refractivity contribution in [1.82, 2.24) is 14.8 Å². The fourth-order valence-electron chi connectivity index (χ4n) is 2.06. The van der Waals surface area contributed by atoms with Crippen LogP contribution >= 0.6 is 0 Å². The second kappa shape index (κ2) is 6.19. The number of nitrogens with one attached hydrogen (secondary N) is 3. The van der Waals surface area contributed by atoms with Gasteiger partial charge in [0, 0.05) is 11.6 Å². The Balaban J connectivity index is 2.49. The molecule has 1 amide bonds. The van der Waals surface area contributed by atoms with Crippen LogP contribution in [0.2, 0.25) is 0 Å². The average Bonchev–Trinajstić information content (AvgIpc) is 2.65. The van der Waals surface area contributed by atoms with E-state index in [1.165, 1.54) is 6.92 Å². The first-order chi connectivity index (χ1) is 8.59. The van der Waals surface area contributed by atoms with E-state index in [1.807, 2.05) is 20.8 Å². The fraction of sp³-hybridized carbons (Fsp3) is 0.917. The zero-order valence-electron chi connectivity index (χ0n) is 12.1. The van der Waals surface area contributed by atoms with Gasteiger partial charge in [-0.05, 0) is 40.5 Å². The molecule has 6 nitrogen and oxygen atoms in total. The maximum absolute atomic E-state index is 11.9. The van der Waals surface area contributed by atoms with Crippen LogP contribution in [0.15, 0.2) is 0 Å². The van der Waals surface area contributed by atoms with Crippen molar-refractivity contribution < 1.29 is 13.2 Å². The Hall–Kier alpha value is -0.660. The van der Waals surface area contributed by atoms with Crippen LogP contribution in [0.4, 0.5) is 0 Å². The minimum absolute atomic E-state index is 0.00428. The fourth-order valence-corrected chi connectivity index (χ4v) is 3.38. The summed E-state index contributed by atoms with van der Waals surface area (Å²) >= 11 is 0. The molecule has 1 aliphatic rings. The van der Waals surface area contributed by atoms with Crippen LogP contribution in [-0.4, -0.2) is 31.9 Å². The molecule has 0 spiro atoms. The van der Waals surface area contributed by atoms with E-state index in [4.69, 9.17) is 0 Å². The Bertz CT molecular complexity index is 408. The van der Waals surface area contributed by atoms with E-state index >= 15 is 0 Å². The minimum atomic E-state index is -3.63. The highest BCUT2D eigenvalue weighted by Gasteiger charge is 2.26. The molecule has 0 unspecified atom stereocenters. The van der Waals surface area contributed by atoms with Crippen LogP contribution in [0, 0.1) is 0 Å². The summed E-state index contributed by atoms with van der Waals surface area (Å²) in [5.74, 6) is -0.329. The monoisotopic (exact) mass is 291 g/mol. The third-order valence-corrected chi connectivity index (χ3v) is 4.21. The summed E-state index contributed by atoms with van der Waals surface area (Å²) in [5.41, 5.74) is -0.379. The van der Waals surface area contributed by atoms with Gasteiger partial charge in [-0.2, -0.15) is 17.9 Å². The van der Waals surface area contributed by atoms with Crippen LogP contribution in [0.25, 0.3) is 0 Å². The lowest BCUT2D eigenvalue weighted by atomic mass is 10.1. The van der Waals surface area contributed by atoms with Crippen LogP contribution in [0.3, 0.4) is 0 Å². The molecule has 0 radical (unpaired) electrons. The lowest BCUT2D eigenvalue weighted by Crippen LogP contribution is -2.53. The molecule has 0 bridgehead atoms. The van der Waals surface area contributed by atoms with Crippen molar-refractivity contribution in [3.63, 3.8) is 0 Å². The summed E-state index contributed by atoms with van der Waals surface area (Å²) in [6.45, 7) is 7.09. The molecule has 1 aliphatic carbocycles. The van der Waals surface area contributed by atoms with E-state index in [-0.39, 0.29) is 17.5 Å². The van der Waals surface area contributed by atoms with Crippen molar-refractivity contribution in [3.05, 3.63) is 0 Å². The summed E-state index contributed by atoms with van der Waals surface area (Å²) in [7, 11) is -3.63. The Morgan fingerprint density at radius 3 is 2.21 bits per heavy atom. The van der Waals surface area contributed by atoms with Gasteiger partial charge in [0.15, 0.2) is 0 Å². The summed E-state index contributed by atoms with van der Waals surface area (Å²) in [6.07, 6.45) is 3.83. The molecule has 1 saturated carbocycles. The number of hydrogen-bond acceptors (Lipinski definition) is 3. The van der Waals surface area contributed by atoms with Crippen LogP contribution < -0.4 is 14.8 Å². The lowest BCUT2D eigenvalue weighted by Gasteiger charge is -2.24. The molecule has 3 N–H and O–H groups in total. The van der Waals surface area contributed by atoms with Gasteiger partial charge in [-0.1, -0.05) is 12.8 Å². The molecular formula is C12H25N3O3S. The Morgan fingerprint density at radius 1 is 1.21 bits per heavy atom. The highest BCUT2D eigenvalue weighted by molar-refractivity contribution is 7.87. The Kier molecular flexibility index (Phi) is 5.34. The molecule has 1 atom stereocenters. The number of rotatable bonds is 5. The molecule has 1 fully saturated rings. The summed E-state index contributed by atoms with van der Waals surface area (Å²) in [6, 6.07) is -0.798. The van der Waals surface area contributed by atoms with E-state index in [0.29, 0.717) is 0 Å². The quantitative estimate of drug-likeness (QED) is 0.695. The van der Waals surface area contributed by atoms with Gasteiger partial charge in [0.1, 0.15) is 0 Å². The SMILES string of the molecule is C[C@@H](NS(=O)(=O)NC1CCCC1)C(=O)NC(C)(C)C. The topological polar surface area (TPSA) is 87.3 Å². The van der Waals surface area contributed by atoms with Gasteiger partial charge in [0.25, 0.3) is 10.2 Å². The Labute approximate surface area is 115 Å². The maximum Gasteiger partial charge on any atom is 0.277 e. The molecule has 112 valence electrons. The summed E-state index contributed by atoms with van der Waals surface area (Å²) < 4.78 is 28.7. The van der Waals surface area contributed by atoms with Gasteiger partial charge >= 0.3 is 0 Å². The molecule has 19 heavy (non-hydrogen) atoms. The molecule has 1 rings (SSSR count). The van der Waals surface area contributed by atoms with Crippen LogP contribution in [0.1, 0.15) is 53.4 Å². The highest BCUT2D eigenvalue weighted by Crippen LogP contribution is 2.18. The molecule has 0 aliphatic heterocycles. The first-order valence-corrected chi connectivity index (χ1v) is 8.19. The standard InChI is InChI=1S/C12H25N3O3S/c1-9(11(16)13-12(2,3)4)14-19(17,18)15-10-7-5-6-8-10/h9-10,14-15H,5-8H2,1-4H3,(H,13,16)/t9-/m1/s1. The van der Waals surface area contributed by atoms with E-state index in [0.717, 1.165) is 25.7 Å². The van der Waals surface area contributed by atoms with Crippen molar-refractivity contribution in [3.8, 4) is 0 Å². The third kappa shape index (κ3) is 6.35. The van der Waals surface area contributed by atoms with Gasteiger partial charge in [-0.3, -0.25) is 4.79 Å². The molecule has 0 heterocycles. The minimum Gasteiger partial charge on any atom is -0.350 e. The van der Waals surface area contributed by atoms with Crippen molar-refractivity contribution >= 4 is 16.1 Å². The molecule has 7 heteroatoms. The van der Waals surface area contributed by atoms with E-state index in [9.17, 15) is 13.2 Å². The van der Waals surface area contributed by atoms with Crippen molar-refractivity contribution in [1.29, 1.82) is 0 Å². The molecular weight excluding hydrogens is 266 g/mol. The second-order valence-corrected chi connectivity index (χ2v) is 7.66. The first kappa shape index (κ1) is 16.4. The van der Waals surface area contributed by atoms with Crippen LogP contribution in [0.5, 0.6) is 0 Å². The van der Waals surface area contributed by atoms with E-state index < -0.39 is 16.3 Å². The third-order valence-electron chi connectivity index (χ3n) is 2.90. The molecule has 0 aromatic heterocycles. The van der Waals surface area contributed by atoms with Crippen molar-refractivity contribution in [2.75, 3.05) is 0 Å². The van der Waals surface area contributed by atoms with Gasteiger partial charge in [0.2, 0.25) is 5.91 Å². The molecule has 0 saturated heterocycles. The second-order valence-electron chi connectivity index (χ2n) is 6.18. The lowest BCUT2D eigenvalue weighted by molar-refractivity contribution is -0.123. The van der Waals surface area contributed by atoms with Crippen LogP contribution in [-0.2, 0) is 15.0 Å². The average molecular weight is 291 g/mol. The molecule has 0 aromatic carbocycles. The van der Waals surface area contributed by atoms with Gasteiger partial charge in [0.05, 0.1) is 6.04 Å².